The molecule has 9 heteroatoms. The molecule has 0 unspecified atom stereocenters. The van der Waals surface area contributed by atoms with Crippen LogP contribution in [0.15, 0.2) is 29.4 Å². The standard InChI is InChI=1S/C17H20N6O3/c1-12-9-13(2)20-17(19-12)21-18-11-14-3-4-15(16(10-14)23(24)25)22-5-7-26-8-6-22/h3-4,9-11H,5-8H2,1-2H3,(H,19,20,21)/b18-11+. The average Bonchev–Trinajstić information content (AvgIpc) is 2.61. The van der Waals surface area contributed by atoms with Crippen LogP contribution < -0.4 is 10.3 Å². The van der Waals surface area contributed by atoms with E-state index in [1.54, 1.807) is 12.1 Å². The van der Waals surface area contributed by atoms with Gasteiger partial charge >= 0.3 is 0 Å². The first kappa shape index (κ1) is 17.7. The molecule has 1 saturated heterocycles. The number of nitrogens with zero attached hydrogens (tertiary/aromatic N) is 5. The fourth-order valence-electron chi connectivity index (χ4n) is 2.78. The summed E-state index contributed by atoms with van der Waals surface area (Å²) in [5.41, 5.74) is 5.69. The number of aromatic nitrogens is 2. The summed E-state index contributed by atoms with van der Waals surface area (Å²) in [6, 6.07) is 6.92. The molecule has 0 amide bonds. The Bertz CT molecular complexity index is 813. The molecule has 26 heavy (non-hydrogen) atoms. The lowest BCUT2D eigenvalue weighted by molar-refractivity contribution is -0.384. The van der Waals surface area contributed by atoms with E-state index in [0.29, 0.717) is 43.5 Å². The van der Waals surface area contributed by atoms with Crippen molar-refractivity contribution in [3.63, 3.8) is 0 Å². The highest BCUT2D eigenvalue weighted by molar-refractivity contribution is 5.83. The molecule has 2 heterocycles. The summed E-state index contributed by atoms with van der Waals surface area (Å²) in [6.07, 6.45) is 1.51. The Hall–Kier alpha value is -3.07. The maximum Gasteiger partial charge on any atom is 0.293 e. The average molecular weight is 356 g/mol. The molecular formula is C17H20N6O3. The zero-order valence-electron chi connectivity index (χ0n) is 14.7. The van der Waals surface area contributed by atoms with Crippen LogP contribution in [0.3, 0.4) is 0 Å². The third kappa shape index (κ3) is 4.31. The predicted octanol–water partition coefficient (Wildman–Crippen LogP) is 2.28. The van der Waals surface area contributed by atoms with Gasteiger partial charge in [-0.05, 0) is 26.0 Å². The summed E-state index contributed by atoms with van der Waals surface area (Å²) in [5.74, 6) is 0.387. The van der Waals surface area contributed by atoms with Crippen LogP contribution in [0.4, 0.5) is 17.3 Å². The number of nitrogens with one attached hydrogen (secondary N) is 1. The molecule has 0 bridgehead atoms. The van der Waals surface area contributed by atoms with Gasteiger partial charge in [-0.3, -0.25) is 10.1 Å². The Balaban J connectivity index is 1.77. The van der Waals surface area contributed by atoms with Gasteiger partial charge in [0, 0.05) is 36.1 Å². The van der Waals surface area contributed by atoms with Crippen LogP contribution in [-0.2, 0) is 4.74 Å². The summed E-state index contributed by atoms with van der Waals surface area (Å²) in [7, 11) is 0. The van der Waals surface area contributed by atoms with E-state index in [0.717, 1.165) is 11.4 Å². The number of ether oxygens (including phenoxy) is 1. The molecule has 1 aliphatic heterocycles. The quantitative estimate of drug-likeness (QED) is 0.498. The van der Waals surface area contributed by atoms with Gasteiger partial charge < -0.3 is 9.64 Å². The fourth-order valence-corrected chi connectivity index (χ4v) is 2.78. The van der Waals surface area contributed by atoms with Gasteiger partial charge in [0.15, 0.2) is 0 Å². The Morgan fingerprint density at radius 3 is 2.58 bits per heavy atom. The normalized spacial score (nSPS) is 14.6. The summed E-state index contributed by atoms with van der Waals surface area (Å²) in [5, 5.41) is 15.5. The van der Waals surface area contributed by atoms with Crippen molar-refractivity contribution in [1.29, 1.82) is 0 Å². The van der Waals surface area contributed by atoms with Crippen LogP contribution in [0.1, 0.15) is 17.0 Å². The van der Waals surface area contributed by atoms with Gasteiger partial charge in [-0.25, -0.2) is 15.4 Å². The highest BCUT2D eigenvalue weighted by atomic mass is 16.6. The van der Waals surface area contributed by atoms with Crippen LogP contribution >= 0.6 is 0 Å². The van der Waals surface area contributed by atoms with Gasteiger partial charge in [-0.1, -0.05) is 6.07 Å². The highest BCUT2D eigenvalue weighted by Crippen LogP contribution is 2.29. The van der Waals surface area contributed by atoms with Gasteiger partial charge in [-0.2, -0.15) is 5.10 Å². The van der Waals surface area contributed by atoms with Gasteiger partial charge in [0.05, 0.1) is 24.4 Å². The van der Waals surface area contributed by atoms with Crippen LogP contribution in [0.2, 0.25) is 0 Å². The first-order valence-corrected chi connectivity index (χ1v) is 8.25. The summed E-state index contributed by atoms with van der Waals surface area (Å²) < 4.78 is 5.30. The second-order valence-electron chi connectivity index (χ2n) is 5.95. The summed E-state index contributed by atoms with van der Waals surface area (Å²) >= 11 is 0. The number of nitro benzene ring substituents is 1. The first-order valence-electron chi connectivity index (χ1n) is 8.25. The Kier molecular flexibility index (Phi) is 5.37. The molecule has 1 fully saturated rings. The lowest BCUT2D eigenvalue weighted by Gasteiger charge is -2.28. The SMILES string of the molecule is Cc1cc(C)nc(N/N=C/c2ccc(N3CCOCC3)c([N+](=O)[O-])c2)n1. The Labute approximate surface area is 150 Å². The topological polar surface area (TPSA) is 106 Å². The number of morpholine rings is 1. The maximum atomic E-state index is 11.5. The molecular weight excluding hydrogens is 336 g/mol. The van der Waals surface area contributed by atoms with Gasteiger partial charge in [0.2, 0.25) is 5.95 Å². The summed E-state index contributed by atoms with van der Waals surface area (Å²) in [4.78, 5) is 21.5. The molecule has 0 saturated carbocycles. The lowest BCUT2D eigenvalue weighted by atomic mass is 10.1. The molecule has 2 aromatic rings. The second kappa shape index (κ2) is 7.87. The largest absolute Gasteiger partial charge is 0.378 e. The van der Waals surface area contributed by atoms with Gasteiger partial charge in [-0.15, -0.1) is 0 Å². The number of hydrogen-bond donors (Lipinski definition) is 1. The van der Waals surface area contributed by atoms with E-state index in [2.05, 4.69) is 20.5 Å². The van der Waals surface area contributed by atoms with E-state index in [9.17, 15) is 10.1 Å². The van der Waals surface area contributed by atoms with E-state index in [4.69, 9.17) is 4.74 Å². The van der Waals surface area contributed by atoms with Crippen LogP contribution in [0.5, 0.6) is 0 Å². The Morgan fingerprint density at radius 2 is 1.92 bits per heavy atom. The molecule has 1 N–H and O–H groups in total. The molecule has 1 aromatic carbocycles. The minimum absolute atomic E-state index is 0.0542. The van der Waals surface area contributed by atoms with Crippen molar-refractivity contribution in [2.24, 2.45) is 5.10 Å². The summed E-state index contributed by atoms with van der Waals surface area (Å²) in [6.45, 7) is 6.16. The molecule has 0 radical (unpaired) electrons. The molecule has 0 spiro atoms. The Morgan fingerprint density at radius 1 is 1.23 bits per heavy atom. The van der Waals surface area contributed by atoms with Crippen molar-refractivity contribution >= 4 is 23.5 Å². The zero-order valence-corrected chi connectivity index (χ0v) is 14.7. The minimum Gasteiger partial charge on any atom is -0.378 e. The molecule has 0 atom stereocenters. The number of benzene rings is 1. The minimum atomic E-state index is -0.372. The first-order chi connectivity index (χ1) is 12.5. The molecule has 136 valence electrons. The molecule has 1 aliphatic rings. The van der Waals surface area contributed by atoms with Crippen molar-refractivity contribution in [3.05, 3.63) is 51.3 Å². The van der Waals surface area contributed by atoms with E-state index in [1.807, 2.05) is 24.8 Å². The van der Waals surface area contributed by atoms with Gasteiger partial charge in [0.1, 0.15) is 5.69 Å². The van der Waals surface area contributed by atoms with E-state index >= 15 is 0 Å². The molecule has 3 rings (SSSR count). The van der Waals surface area contributed by atoms with Crippen LogP contribution in [0.25, 0.3) is 0 Å². The fraction of sp³-hybridized carbons (Fsp3) is 0.353. The second-order valence-corrected chi connectivity index (χ2v) is 5.95. The lowest BCUT2D eigenvalue weighted by Crippen LogP contribution is -2.36. The highest BCUT2D eigenvalue weighted by Gasteiger charge is 2.21. The molecule has 9 nitrogen and oxygen atoms in total. The number of hydrogen-bond acceptors (Lipinski definition) is 8. The van der Waals surface area contributed by atoms with E-state index in [1.165, 1.54) is 12.3 Å². The van der Waals surface area contributed by atoms with E-state index < -0.39 is 0 Å². The monoisotopic (exact) mass is 356 g/mol. The van der Waals surface area contributed by atoms with Crippen molar-refractivity contribution in [1.82, 2.24) is 9.97 Å². The third-order valence-electron chi connectivity index (χ3n) is 3.91. The number of rotatable bonds is 5. The maximum absolute atomic E-state index is 11.5. The van der Waals surface area contributed by atoms with Gasteiger partial charge in [0.25, 0.3) is 5.69 Å². The smallest absolute Gasteiger partial charge is 0.293 e. The number of anilines is 2. The zero-order chi connectivity index (χ0) is 18.5. The number of aryl methyl sites for hydroxylation is 2. The molecule has 0 aliphatic carbocycles. The van der Waals surface area contributed by atoms with Crippen LogP contribution in [-0.4, -0.2) is 47.4 Å². The van der Waals surface area contributed by atoms with Crippen molar-refractivity contribution in [2.45, 2.75) is 13.8 Å². The van der Waals surface area contributed by atoms with Crippen molar-refractivity contribution < 1.29 is 9.66 Å². The van der Waals surface area contributed by atoms with E-state index in [-0.39, 0.29) is 10.6 Å². The molecule has 1 aromatic heterocycles. The number of nitro groups is 1. The third-order valence-corrected chi connectivity index (χ3v) is 3.91. The van der Waals surface area contributed by atoms with Crippen molar-refractivity contribution in [3.8, 4) is 0 Å². The van der Waals surface area contributed by atoms with Crippen LogP contribution in [0, 0.1) is 24.0 Å². The predicted molar refractivity (Wildman–Crippen MR) is 98.9 cm³/mol. The number of hydrazone groups is 1. The van der Waals surface area contributed by atoms with Crippen molar-refractivity contribution in [2.75, 3.05) is 36.6 Å².